The van der Waals surface area contributed by atoms with Gasteiger partial charge in [0.05, 0.1) is 5.69 Å². The van der Waals surface area contributed by atoms with Crippen LogP contribution in [0.4, 0.5) is 5.13 Å². The Kier molecular flexibility index (Phi) is 3.49. The van der Waals surface area contributed by atoms with Gasteiger partial charge in [-0.05, 0) is 13.3 Å². The highest BCUT2D eigenvalue weighted by Gasteiger charge is 1.99. The number of aryl methyl sites for hydroxylation is 1. The van der Waals surface area contributed by atoms with Gasteiger partial charge in [-0.1, -0.05) is 6.92 Å². The van der Waals surface area contributed by atoms with Crippen molar-refractivity contribution in [2.24, 2.45) is 5.73 Å². The average Bonchev–Trinajstić information content (AvgIpc) is 2.48. The zero-order valence-electron chi connectivity index (χ0n) is 7.50. The fourth-order valence-corrected chi connectivity index (χ4v) is 1.60. The Hall–Kier alpha value is -0.610. The summed E-state index contributed by atoms with van der Waals surface area (Å²) in [5.74, 6) is 0. The first-order valence-electron chi connectivity index (χ1n) is 4.16. The van der Waals surface area contributed by atoms with Gasteiger partial charge in [0, 0.05) is 18.0 Å². The van der Waals surface area contributed by atoms with Crippen molar-refractivity contribution in [3.8, 4) is 0 Å². The lowest BCUT2D eigenvalue weighted by molar-refractivity contribution is 0.779. The molecule has 0 saturated carbocycles. The van der Waals surface area contributed by atoms with Crippen molar-refractivity contribution in [1.82, 2.24) is 4.98 Å². The van der Waals surface area contributed by atoms with E-state index in [1.54, 1.807) is 11.3 Å². The van der Waals surface area contributed by atoms with E-state index in [9.17, 15) is 0 Å². The standard InChI is InChI=1S/C8H15N3S/c1-3-7-5-12-8(11-7)10-4-6(2)9/h5-6H,3-4,9H2,1-2H3,(H,10,11). The monoisotopic (exact) mass is 185 g/mol. The normalized spacial score (nSPS) is 12.9. The van der Waals surface area contributed by atoms with Gasteiger partial charge in [0.2, 0.25) is 0 Å². The SMILES string of the molecule is CCc1csc(NCC(C)N)n1. The summed E-state index contributed by atoms with van der Waals surface area (Å²) < 4.78 is 0. The van der Waals surface area contributed by atoms with E-state index in [0.717, 1.165) is 23.8 Å². The summed E-state index contributed by atoms with van der Waals surface area (Å²) in [4.78, 5) is 4.35. The predicted octanol–water partition coefficient (Wildman–Crippen LogP) is 1.46. The van der Waals surface area contributed by atoms with Crippen molar-refractivity contribution in [3.63, 3.8) is 0 Å². The van der Waals surface area contributed by atoms with Crippen molar-refractivity contribution < 1.29 is 0 Å². The van der Waals surface area contributed by atoms with E-state index in [1.807, 2.05) is 6.92 Å². The van der Waals surface area contributed by atoms with Gasteiger partial charge in [-0.15, -0.1) is 11.3 Å². The van der Waals surface area contributed by atoms with Crippen LogP contribution in [0, 0.1) is 0 Å². The highest BCUT2D eigenvalue weighted by molar-refractivity contribution is 7.13. The molecule has 12 heavy (non-hydrogen) atoms. The van der Waals surface area contributed by atoms with Crippen LogP contribution in [0.3, 0.4) is 0 Å². The molecule has 0 aliphatic heterocycles. The smallest absolute Gasteiger partial charge is 0.182 e. The first-order chi connectivity index (χ1) is 5.72. The minimum atomic E-state index is 0.180. The van der Waals surface area contributed by atoms with E-state index >= 15 is 0 Å². The molecule has 0 aliphatic rings. The maximum atomic E-state index is 5.59. The van der Waals surface area contributed by atoms with Crippen LogP contribution in [0.5, 0.6) is 0 Å². The fourth-order valence-electron chi connectivity index (χ4n) is 0.799. The van der Waals surface area contributed by atoms with Crippen molar-refractivity contribution in [1.29, 1.82) is 0 Å². The van der Waals surface area contributed by atoms with Crippen LogP contribution < -0.4 is 11.1 Å². The van der Waals surface area contributed by atoms with Crippen LogP contribution in [0.2, 0.25) is 0 Å². The van der Waals surface area contributed by atoms with Crippen LogP contribution in [-0.2, 0) is 6.42 Å². The number of hydrogen-bond donors (Lipinski definition) is 2. The van der Waals surface area contributed by atoms with Crippen LogP contribution in [0.25, 0.3) is 0 Å². The molecule has 1 heterocycles. The summed E-state index contributed by atoms with van der Waals surface area (Å²) in [6.07, 6.45) is 0.996. The van der Waals surface area contributed by atoms with E-state index in [0.29, 0.717) is 0 Å². The van der Waals surface area contributed by atoms with E-state index in [4.69, 9.17) is 5.73 Å². The molecule has 1 unspecified atom stereocenters. The van der Waals surface area contributed by atoms with Gasteiger partial charge in [0.15, 0.2) is 5.13 Å². The van der Waals surface area contributed by atoms with Gasteiger partial charge in [-0.2, -0.15) is 0 Å². The Balaban J connectivity index is 2.41. The molecular weight excluding hydrogens is 170 g/mol. The molecule has 0 radical (unpaired) electrons. The molecule has 1 rings (SSSR count). The average molecular weight is 185 g/mol. The third-order valence-corrected chi connectivity index (χ3v) is 2.34. The maximum Gasteiger partial charge on any atom is 0.182 e. The molecule has 0 spiro atoms. The van der Waals surface area contributed by atoms with Crippen LogP contribution in [0.1, 0.15) is 19.5 Å². The van der Waals surface area contributed by atoms with Crippen molar-refractivity contribution in [3.05, 3.63) is 11.1 Å². The number of hydrogen-bond acceptors (Lipinski definition) is 4. The van der Waals surface area contributed by atoms with Gasteiger partial charge in [0.25, 0.3) is 0 Å². The zero-order valence-corrected chi connectivity index (χ0v) is 8.32. The molecule has 1 atom stereocenters. The fraction of sp³-hybridized carbons (Fsp3) is 0.625. The lowest BCUT2D eigenvalue weighted by Gasteiger charge is -2.04. The molecule has 0 aromatic carbocycles. The maximum absolute atomic E-state index is 5.59. The molecule has 1 aromatic heterocycles. The number of rotatable bonds is 4. The zero-order chi connectivity index (χ0) is 8.97. The summed E-state index contributed by atoms with van der Waals surface area (Å²) in [5.41, 5.74) is 6.74. The quantitative estimate of drug-likeness (QED) is 0.746. The van der Waals surface area contributed by atoms with Crippen molar-refractivity contribution >= 4 is 16.5 Å². The number of nitrogens with one attached hydrogen (secondary N) is 1. The molecule has 68 valence electrons. The summed E-state index contributed by atoms with van der Waals surface area (Å²) in [6, 6.07) is 0.180. The van der Waals surface area contributed by atoms with Gasteiger partial charge in [-0.25, -0.2) is 4.98 Å². The van der Waals surface area contributed by atoms with Crippen molar-refractivity contribution in [2.45, 2.75) is 26.3 Å². The van der Waals surface area contributed by atoms with Gasteiger partial charge < -0.3 is 11.1 Å². The third kappa shape index (κ3) is 2.79. The second kappa shape index (κ2) is 4.42. The third-order valence-electron chi connectivity index (χ3n) is 1.49. The van der Waals surface area contributed by atoms with Gasteiger partial charge in [0.1, 0.15) is 0 Å². The number of anilines is 1. The minimum Gasteiger partial charge on any atom is -0.360 e. The Morgan fingerprint density at radius 1 is 1.75 bits per heavy atom. The molecule has 0 fully saturated rings. The molecule has 3 nitrogen and oxygen atoms in total. The molecule has 3 N–H and O–H groups in total. The molecule has 0 bridgehead atoms. The molecular formula is C8H15N3S. The number of aromatic nitrogens is 1. The van der Waals surface area contributed by atoms with Gasteiger partial charge >= 0.3 is 0 Å². The van der Waals surface area contributed by atoms with Crippen LogP contribution >= 0.6 is 11.3 Å². The molecule has 0 aliphatic carbocycles. The second-order valence-corrected chi connectivity index (χ2v) is 3.71. The Morgan fingerprint density at radius 3 is 3.00 bits per heavy atom. The second-order valence-electron chi connectivity index (χ2n) is 2.86. The van der Waals surface area contributed by atoms with Crippen LogP contribution in [0.15, 0.2) is 5.38 Å². The highest BCUT2D eigenvalue weighted by atomic mass is 32.1. The molecule has 0 saturated heterocycles. The Morgan fingerprint density at radius 2 is 2.50 bits per heavy atom. The highest BCUT2D eigenvalue weighted by Crippen LogP contribution is 2.14. The summed E-state index contributed by atoms with van der Waals surface area (Å²) in [6.45, 7) is 4.86. The van der Waals surface area contributed by atoms with E-state index in [2.05, 4.69) is 22.6 Å². The Labute approximate surface area is 77.0 Å². The van der Waals surface area contributed by atoms with Crippen molar-refractivity contribution in [2.75, 3.05) is 11.9 Å². The lowest BCUT2D eigenvalue weighted by Crippen LogP contribution is -2.25. The van der Waals surface area contributed by atoms with Crippen LogP contribution in [-0.4, -0.2) is 17.6 Å². The topological polar surface area (TPSA) is 50.9 Å². The predicted molar refractivity (Wildman–Crippen MR) is 53.6 cm³/mol. The molecule has 0 amide bonds. The Bertz CT molecular complexity index is 232. The summed E-state index contributed by atoms with van der Waals surface area (Å²) in [5, 5.41) is 6.23. The summed E-state index contributed by atoms with van der Waals surface area (Å²) >= 11 is 1.64. The number of thiazole rings is 1. The number of nitrogens with zero attached hydrogens (tertiary/aromatic N) is 1. The number of nitrogens with two attached hydrogens (primary N) is 1. The van der Waals surface area contributed by atoms with E-state index < -0.39 is 0 Å². The lowest BCUT2D eigenvalue weighted by atomic mass is 10.4. The minimum absolute atomic E-state index is 0.180. The van der Waals surface area contributed by atoms with Gasteiger partial charge in [-0.3, -0.25) is 0 Å². The first kappa shape index (κ1) is 9.48. The summed E-state index contributed by atoms with van der Waals surface area (Å²) in [7, 11) is 0. The molecule has 1 aromatic rings. The first-order valence-corrected chi connectivity index (χ1v) is 5.04. The largest absolute Gasteiger partial charge is 0.360 e. The van der Waals surface area contributed by atoms with E-state index in [-0.39, 0.29) is 6.04 Å². The molecule has 4 heteroatoms. The van der Waals surface area contributed by atoms with E-state index in [1.165, 1.54) is 0 Å².